The number of rotatable bonds is 6. The van der Waals surface area contributed by atoms with Crippen molar-refractivity contribution in [1.29, 1.82) is 0 Å². The van der Waals surface area contributed by atoms with Gasteiger partial charge >= 0.3 is 0 Å². The Labute approximate surface area is 198 Å². The molecule has 2 fully saturated rings. The molecule has 7 heteroatoms. The Hall–Kier alpha value is -1.37. The number of carbonyl (C=O) groups excluding carboxylic acids is 1. The van der Waals surface area contributed by atoms with Gasteiger partial charge in [0.1, 0.15) is 12.4 Å². The molecule has 0 unspecified atom stereocenters. The van der Waals surface area contributed by atoms with Gasteiger partial charge in [0, 0.05) is 10.9 Å². The van der Waals surface area contributed by atoms with Gasteiger partial charge in [-0.05, 0) is 91.4 Å². The number of benzene rings is 2. The fourth-order valence-electron chi connectivity index (χ4n) is 4.62. The topological polar surface area (TPSA) is 50.7 Å². The second-order valence-corrected chi connectivity index (χ2v) is 10.4. The summed E-state index contributed by atoms with van der Waals surface area (Å²) in [5.74, 6) is 1.39. The van der Waals surface area contributed by atoms with Gasteiger partial charge in [0.2, 0.25) is 5.91 Å². The molecular weight excluding hydrogens is 532 g/mol. The number of nitrogens with one attached hydrogen (secondary N) is 1. The SMILES string of the molecule is C[C@]12CCCC[C@H]1[C@H]2C(=O)N/N=C\c1cc(Br)c(OCc2ccc(Cl)cc2)c(Br)c1. The van der Waals surface area contributed by atoms with Crippen molar-refractivity contribution in [3.05, 3.63) is 61.5 Å². The standard InChI is InChI=1S/C23H23Br2ClN2O2/c1-23-9-3-2-4-17(23)20(23)22(29)28-27-12-15-10-18(24)21(19(25)11-15)30-13-14-5-7-16(26)8-6-14/h5-8,10-12,17,20H,2-4,9,13H2,1H3,(H,28,29)/b27-12-/t17-,20-,23-/m0/s1. The number of halogens is 3. The lowest BCUT2D eigenvalue weighted by atomic mass is 9.90. The average molecular weight is 555 g/mol. The van der Waals surface area contributed by atoms with Crippen LogP contribution in [0.1, 0.15) is 43.7 Å². The van der Waals surface area contributed by atoms with Crippen molar-refractivity contribution in [2.24, 2.45) is 22.4 Å². The van der Waals surface area contributed by atoms with Crippen LogP contribution in [0.2, 0.25) is 5.02 Å². The summed E-state index contributed by atoms with van der Waals surface area (Å²) in [6, 6.07) is 11.4. The van der Waals surface area contributed by atoms with Crippen LogP contribution in [0, 0.1) is 17.3 Å². The van der Waals surface area contributed by atoms with Crippen LogP contribution in [-0.2, 0) is 11.4 Å². The van der Waals surface area contributed by atoms with Gasteiger partial charge in [0.05, 0.1) is 15.2 Å². The second kappa shape index (κ2) is 9.01. The molecule has 0 heterocycles. The third-order valence-corrected chi connectivity index (χ3v) is 7.75. The van der Waals surface area contributed by atoms with Gasteiger partial charge < -0.3 is 4.74 Å². The number of fused-ring (bicyclic) bond motifs is 1. The number of hydrogen-bond donors (Lipinski definition) is 1. The Bertz CT molecular complexity index is 957. The Morgan fingerprint density at radius 2 is 1.97 bits per heavy atom. The van der Waals surface area contributed by atoms with Crippen molar-refractivity contribution >= 4 is 55.6 Å². The summed E-state index contributed by atoms with van der Waals surface area (Å²) in [4.78, 5) is 12.5. The fourth-order valence-corrected chi connectivity index (χ4v) is 6.20. The van der Waals surface area contributed by atoms with Crippen LogP contribution >= 0.6 is 43.5 Å². The van der Waals surface area contributed by atoms with E-state index in [9.17, 15) is 4.79 Å². The maximum absolute atomic E-state index is 12.5. The van der Waals surface area contributed by atoms with Gasteiger partial charge in [0.15, 0.2) is 0 Å². The number of ether oxygens (including phenoxy) is 1. The summed E-state index contributed by atoms with van der Waals surface area (Å²) in [5.41, 5.74) is 4.81. The number of amides is 1. The van der Waals surface area contributed by atoms with E-state index >= 15 is 0 Å². The molecule has 0 aromatic heterocycles. The summed E-state index contributed by atoms with van der Waals surface area (Å²) in [6.45, 7) is 2.67. The highest BCUT2D eigenvalue weighted by molar-refractivity contribution is 9.11. The highest BCUT2D eigenvalue weighted by Gasteiger charge is 2.64. The first-order valence-corrected chi connectivity index (χ1v) is 12.0. The maximum Gasteiger partial charge on any atom is 0.244 e. The smallest absolute Gasteiger partial charge is 0.244 e. The van der Waals surface area contributed by atoms with Crippen LogP contribution in [0.5, 0.6) is 5.75 Å². The molecule has 2 saturated carbocycles. The molecule has 2 aromatic rings. The summed E-state index contributed by atoms with van der Waals surface area (Å²) in [5, 5.41) is 4.89. The number of hydrogen-bond acceptors (Lipinski definition) is 3. The normalized spacial score (nSPS) is 25.1. The predicted octanol–water partition coefficient (Wildman–Crippen LogP) is 6.72. The molecular formula is C23H23Br2ClN2O2. The number of carbonyl (C=O) groups is 1. The molecule has 0 bridgehead atoms. The first-order chi connectivity index (χ1) is 14.4. The second-order valence-electron chi connectivity index (χ2n) is 8.30. The molecule has 3 atom stereocenters. The minimum atomic E-state index is 0.0432. The van der Waals surface area contributed by atoms with Crippen molar-refractivity contribution in [3.63, 3.8) is 0 Å². The highest BCUT2D eigenvalue weighted by Crippen LogP contribution is 2.66. The summed E-state index contributed by atoms with van der Waals surface area (Å²) < 4.78 is 7.56. The summed E-state index contributed by atoms with van der Waals surface area (Å²) in [6.07, 6.45) is 6.44. The lowest BCUT2D eigenvalue weighted by Gasteiger charge is -2.15. The molecule has 1 amide bonds. The lowest BCUT2D eigenvalue weighted by Crippen LogP contribution is -2.22. The molecule has 2 aliphatic rings. The van der Waals surface area contributed by atoms with Crippen molar-refractivity contribution in [2.45, 2.75) is 39.2 Å². The van der Waals surface area contributed by atoms with Gasteiger partial charge in [-0.3, -0.25) is 4.79 Å². The summed E-state index contributed by atoms with van der Waals surface area (Å²) >= 11 is 13.0. The van der Waals surface area contributed by atoms with Crippen LogP contribution in [0.25, 0.3) is 0 Å². The molecule has 158 valence electrons. The molecule has 2 aliphatic carbocycles. The van der Waals surface area contributed by atoms with E-state index in [1.807, 2.05) is 36.4 Å². The van der Waals surface area contributed by atoms with Gasteiger partial charge in [-0.2, -0.15) is 5.10 Å². The molecule has 0 saturated heterocycles. The molecule has 4 nitrogen and oxygen atoms in total. The quantitative estimate of drug-likeness (QED) is 0.318. The Morgan fingerprint density at radius 3 is 2.60 bits per heavy atom. The average Bonchev–Trinajstić information content (AvgIpc) is 3.34. The van der Waals surface area contributed by atoms with Gasteiger partial charge in [-0.25, -0.2) is 5.43 Å². The molecule has 1 N–H and O–H groups in total. The Balaban J connectivity index is 1.36. The van der Waals surface area contributed by atoms with Crippen molar-refractivity contribution in [2.75, 3.05) is 0 Å². The van der Waals surface area contributed by atoms with E-state index in [0.29, 0.717) is 23.3 Å². The lowest BCUT2D eigenvalue weighted by molar-refractivity contribution is -0.123. The number of hydrazone groups is 1. The Morgan fingerprint density at radius 1 is 1.27 bits per heavy atom. The van der Waals surface area contributed by atoms with E-state index in [4.69, 9.17) is 16.3 Å². The zero-order valence-corrected chi connectivity index (χ0v) is 20.6. The van der Waals surface area contributed by atoms with Crippen LogP contribution in [0.3, 0.4) is 0 Å². The van der Waals surface area contributed by atoms with Gasteiger partial charge in [-0.15, -0.1) is 0 Å². The van der Waals surface area contributed by atoms with Crippen molar-refractivity contribution in [1.82, 2.24) is 5.43 Å². The fraction of sp³-hybridized carbons (Fsp3) is 0.391. The molecule has 4 rings (SSSR count). The highest BCUT2D eigenvalue weighted by atomic mass is 79.9. The van der Waals surface area contributed by atoms with Crippen LogP contribution in [-0.4, -0.2) is 12.1 Å². The Kier molecular flexibility index (Phi) is 6.56. The van der Waals surface area contributed by atoms with E-state index in [1.54, 1.807) is 6.21 Å². The number of nitrogens with zero attached hydrogens (tertiary/aromatic N) is 1. The van der Waals surface area contributed by atoms with Crippen LogP contribution < -0.4 is 10.2 Å². The largest absolute Gasteiger partial charge is 0.487 e. The maximum atomic E-state index is 12.5. The predicted molar refractivity (Wildman–Crippen MR) is 127 cm³/mol. The van der Waals surface area contributed by atoms with Gasteiger partial charge in [-0.1, -0.05) is 43.5 Å². The molecule has 2 aromatic carbocycles. The van der Waals surface area contributed by atoms with E-state index in [-0.39, 0.29) is 17.2 Å². The van der Waals surface area contributed by atoms with Gasteiger partial charge in [0.25, 0.3) is 0 Å². The van der Waals surface area contributed by atoms with E-state index in [0.717, 1.165) is 32.9 Å². The van der Waals surface area contributed by atoms with Crippen LogP contribution in [0.15, 0.2) is 50.4 Å². The third-order valence-electron chi connectivity index (χ3n) is 6.32. The summed E-state index contributed by atoms with van der Waals surface area (Å²) in [7, 11) is 0. The first kappa shape index (κ1) is 21.8. The molecule has 0 spiro atoms. The molecule has 30 heavy (non-hydrogen) atoms. The van der Waals surface area contributed by atoms with E-state index in [1.165, 1.54) is 12.8 Å². The third kappa shape index (κ3) is 4.61. The monoisotopic (exact) mass is 552 g/mol. The van der Waals surface area contributed by atoms with Crippen molar-refractivity contribution in [3.8, 4) is 5.75 Å². The minimum Gasteiger partial charge on any atom is -0.487 e. The molecule has 0 aliphatic heterocycles. The van der Waals surface area contributed by atoms with E-state index in [2.05, 4.69) is 49.3 Å². The molecule has 0 radical (unpaired) electrons. The zero-order chi connectivity index (χ0) is 21.3. The van der Waals surface area contributed by atoms with Crippen molar-refractivity contribution < 1.29 is 9.53 Å². The zero-order valence-electron chi connectivity index (χ0n) is 16.6. The first-order valence-electron chi connectivity index (χ1n) is 10.1. The minimum absolute atomic E-state index is 0.0432. The van der Waals surface area contributed by atoms with Crippen LogP contribution in [0.4, 0.5) is 0 Å². The van der Waals surface area contributed by atoms with E-state index < -0.39 is 0 Å².